The summed E-state index contributed by atoms with van der Waals surface area (Å²) in [6, 6.07) is 6.48. The average molecular weight is 278 g/mol. The highest BCUT2D eigenvalue weighted by molar-refractivity contribution is 5.41. The Labute approximate surface area is 123 Å². The van der Waals surface area contributed by atoms with Crippen molar-refractivity contribution in [2.24, 2.45) is 17.4 Å². The van der Waals surface area contributed by atoms with E-state index in [1.54, 1.807) is 0 Å². The largest absolute Gasteiger partial charge is 0.493 e. The second-order valence-corrected chi connectivity index (χ2v) is 6.47. The molecule has 0 fully saturated rings. The fraction of sp³-hybridized carbons (Fsp3) is 0.647. The van der Waals surface area contributed by atoms with Crippen molar-refractivity contribution in [2.45, 2.75) is 46.0 Å². The topological polar surface area (TPSA) is 61.3 Å². The van der Waals surface area contributed by atoms with E-state index in [0.717, 1.165) is 25.2 Å². The van der Waals surface area contributed by atoms with E-state index in [2.05, 4.69) is 45.9 Å². The molecule has 1 aromatic rings. The van der Waals surface area contributed by atoms with Gasteiger partial charge in [0.15, 0.2) is 0 Å². The second kappa shape index (κ2) is 7.65. The molecular formula is C17H30N2O. The number of hydrogen-bond acceptors (Lipinski definition) is 3. The molecule has 0 bridgehead atoms. The van der Waals surface area contributed by atoms with E-state index in [0.29, 0.717) is 19.0 Å². The van der Waals surface area contributed by atoms with Crippen LogP contribution in [0, 0.1) is 5.92 Å². The molecule has 4 N–H and O–H groups in total. The van der Waals surface area contributed by atoms with Gasteiger partial charge < -0.3 is 16.2 Å². The van der Waals surface area contributed by atoms with Crippen molar-refractivity contribution in [3.05, 3.63) is 29.3 Å². The van der Waals surface area contributed by atoms with Gasteiger partial charge in [0.2, 0.25) is 0 Å². The highest BCUT2D eigenvalue weighted by atomic mass is 16.5. The first-order valence-electron chi connectivity index (χ1n) is 7.58. The van der Waals surface area contributed by atoms with Gasteiger partial charge in [0.25, 0.3) is 0 Å². The van der Waals surface area contributed by atoms with Crippen LogP contribution < -0.4 is 16.2 Å². The predicted octanol–water partition coefficient (Wildman–Crippen LogP) is 2.85. The Balaban J connectivity index is 3.01. The van der Waals surface area contributed by atoms with Gasteiger partial charge in [-0.3, -0.25) is 0 Å². The molecule has 0 aliphatic carbocycles. The van der Waals surface area contributed by atoms with E-state index >= 15 is 0 Å². The quantitative estimate of drug-likeness (QED) is 0.806. The van der Waals surface area contributed by atoms with Crippen molar-refractivity contribution >= 4 is 0 Å². The van der Waals surface area contributed by atoms with E-state index in [1.807, 2.05) is 0 Å². The van der Waals surface area contributed by atoms with Gasteiger partial charge in [-0.05, 0) is 54.5 Å². The lowest BCUT2D eigenvalue weighted by atomic mass is 9.84. The van der Waals surface area contributed by atoms with Crippen LogP contribution >= 0.6 is 0 Å². The Bertz CT molecular complexity index is 406. The fourth-order valence-electron chi connectivity index (χ4n) is 2.22. The summed E-state index contributed by atoms with van der Waals surface area (Å²) in [5.41, 5.74) is 14.1. The number of benzene rings is 1. The molecule has 0 aliphatic rings. The summed E-state index contributed by atoms with van der Waals surface area (Å²) in [4.78, 5) is 0. The minimum atomic E-state index is 0.0695. The third-order valence-electron chi connectivity index (χ3n) is 3.50. The molecule has 114 valence electrons. The Morgan fingerprint density at radius 3 is 2.30 bits per heavy atom. The van der Waals surface area contributed by atoms with Crippen molar-refractivity contribution in [3.63, 3.8) is 0 Å². The first-order valence-corrected chi connectivity index (χ1v) is 7.58. The summed E-state index contributed by atoms with van der Waals surface area (Å²) in [5.74, 6) is 1.35. The van der Waals surface area contributed by atoms with Crippen molar-refractivity contribution < 1.29 is 4.74 Å². The van der Waals surface area contributed by atoms with Crippen LogP contribution in [0.3, 0.4) is 0 Å². The maximum atomic E-state index is 5.88. The zero-order valence-electron chi connectivity index (χ0n) is 13.4. The van der Waals surface area contributed by atoms with Gasteiger partial charge in [0.05, 0.1) is 6.61 Å². The Hall–Kier alpha value is -1.06. The molecular weight excluding hydrogens is 248 g/mol. The zero-order valence-corrected chi connectivity index (χ0v) is 13.4. The monoisotopic (exact) mass is 278 g/mol. The minimum Gasteiger partial charge on any atom is -0.493 e. The molecule has 0 unspecified atom stereocenters. The lowest BCUT2D eigenvalue weighted by Gasteiger charge is -2.24. The van der Waals surface area contributed by atoms with Crippen molar-refractivity contribution in [1.29, 1.82) is 0 Å². The molecule has 3 nitrogen and oxygen atoms in total. The molecule has 1 rings (SSSR count). The van der Waals surface area contributed by atoms with Gasteiger partial charge >= 0.3 is 0 Å². The first-order chi connectivity index (χ1) is 9.42. The summed E-state index contributed by atoms with van der Waals surface area (Å²) in [5, 5.41) is 0. The van der Waals surface area contributed by atoms with Crippen LogP contribution in [-0.4, -0.2) is 19.7 Å². The molecule has 0 spiro atoms. The standard InChI is InChI=1S/C17H30N2O/c1-5-8-20-16-7-6-13(9-14(11-18)12-19)10-15(16)17(2,3)4/h6-7,10,14H,5,8-9,11-12,18-19H2,1-4H3. The van der Waals surface area contributed by atoms with E-state index in [1.165, 1.54) is 11.1 Å². The van der Waals surface area contributed by atoms with Crippen molar-refractivity contribution in [2.75, 3.05) is 19.7 Å². The summed E-state index contributed by atoms with van der Waals surface area (Å²) < 4.78 is 5.88. The number of hydrogen-bond donors (Lipinski definition) is 2. The summed E-state index contributed by atoms with van der Waals surface area (Å²) in [7, 11) is 0. The summed E-state index contributed by atoms with van der Waals surface area (Å²) >= 11 is 0. The summed E-state index contributed by atoms with van der Waals surface area (Å²) in [6.07, 6.45) is 1.96. The lowest BCUT2D eigenvalue weighted by molar-refractivity contribution is 0.308. The molecule has 0 amide bonds. The van der Waals surface area contributed by atoms with Crippen LogP contribution in [0.5, 0.6) is 5.75 Å². The van der Waals surface area contributed by atoms with Crippen LogP contribution in [0.25, 0.3) is 0 Å². The van der Waals surface area contributed by atoms with Crippen LogP contribution in [0.1, 0.15) is 45.2 Å². The minimum absolute atomic E-state index is 0.0695. The van der Waals surface area contributed by atoms with Gasteiger partial charge in [-0.15, -0.1) is 0 Å². The van der Waals surface area contributed by atoms with Crippen LogP contribution in [0.15, 0.2) is 18.2 Å². The first kappa shape index (κ1) is 17.0. The Kier molecular flexibility index (Phi) is 6.50. The molecule has 0 radical (unpaired) electrons. The highest BCUT2D eigenvalue weighted by Crippen LogP contribution is 2.32. The van der Waals surface area contributed by atoms with E-state index in [-0.39, 0.29) is 5.41 Å². The molecule has 0 saturated carbocycles. The molecule has 0 saturated heterocycles. The zero-order chi connectivity index (χ0) is 15.2. The fourth-order valence-corrected chi connectivity index (χ4v) is 2.22. The summed E-state index contributed by atoms with van der Waals surface area (Å²) in [6.45, 7) is 10.8. The van der Waals surface area contributed by atoms with Gasteiger partial charge in [-0.25, -0.2) is 0 Å². The SMILES string of the molecule is CCCOc1ccc(CC(CN)CN)cc1C(C)(C)C. The molecule has 20 heavy (non-hydrogen) atoms. The van der Waals surface area contributed by atoms with Crippen molar-refractivity contribution in [3.8, 4) is 5.75 Å². The lowest BCUT2D eigenvalue weighted by Crippen LogP contribution is -2.25. The predicted molar refractivity (Wildman–Crippen MR) is 86.2 cm³/mol. The third-order valence-corrected chi connectivity index (χ3v) is 3.50. The normalized spacial score (nSPS) is 11.9. The van der Waals surface area contributed by atoms with Crippen molar-refractivity contribution in [1.82, 2.24) is 0 Å². The van der Waals surface area contributed by atoms with E-state index < -0.39 is 0 Å². The maximum Gasteiger partial charge on any atom is 0.123 e. The Morgan fingerprint density at radius 2 is 1.80 bits per heavy atom. The van der Waals surface area contributed by atoms with Crippen LogP contribution in [-0.2, 0) is 11.8 Å². The van der Waals surface area contributed by atoms with Gasteiger partial charge in [-0.2, -0.15) is 0 Å². The second-order valence-electron chi connectivity index (χ2n) is 6.47. The van der Waals surface area contributed by atoms with Crippen LogP contribution in [0.4, 0.5) is 0 Å². The van der Waals surface area contributed by atoms with Crippen LogP contribution in [0.2, 0.25) is 0 Å². The molecule has 3 heteroatoms. The Morgan fingerprint density at radius 1 is 1.15 bits per heavy atom. The molecule has 0 aliphatic heterocycles. The number of rotatable bonds is 7. The average Bonchev–Trinajstić information content (AvgIpc) is 2.42. The van der Waals surface area contributed by atoms with E-state index in [4.69, 9.17) is 16.2 Å². The van der Waals surface area contributed by atoms with Gasteiger partial charge in [0.1, 0.15) is 5.75 Å². The third kappa shape index (κ3) is 4.80. The molecule has 0 aromatic heterocycles. The maximum absolute atomic E-state index is 5.88. The highest BCUT2D eigenvalue weighted by Gasteiger charge is 2.20. The smallest absolute Gasteiger partial charge is 0.123 e. The number of nitrogens with two attached hydrogens (primary N) is 2. The number of ether oxygens (including phenoxy) is 1. The van der Waals surface area contributed by atoms with Gasteiger partial charge in [0, 0.05) is 0 Å². The molecule has 0 heterocycles. The van der Waals surface area contributed by atoms with E-state index in [9.17, 15) is 0 Å². The molecule has 0 atom stereocenters. The molecule has 1 aromatic carbocycles. The van der Waals surface area contributed by atoms with Gasteiger partial charge in [-0.1, -0.05) is 39.8 Å².